The van der Waals surface area contributed by atoms with Crippen LogP contribution < -0.4 is 0 Å². The van der Waals surface area contributed by atoms with Gasteiger partial charge in [0.25, 0.3) is 21.9 Å². The monoisotopic (exact) mass is 349 g/mol. The van der Waals surface area contributed by atoms with Gasteiger partial charge in [0.05, 0.1) is 12.3 Å². The largest absolute Gasteiger partial charge is 0.336 e. The van der Waals surface area contributed by atoms with Crippen molar-refractivity contribution in [1.82, 2.24) is 5.06 Å². The molecule has 132 valence electrons. The second kappa shape index (κ2) is 8.39. The van der Waals surface area contributed by atoms with Crippen LogP contribution in [0.15, 0.2) is 0 Å². The molecule has 1 heterocycles. The van der Waals surface area contributed by atoms with Crippen LogP contribution in [0.5, 0.6) is 0 Å². The summed E-state index contributed by atoms with van der Waals surface area (Å²) in [6.07, 6.45) is 3.82. The molecule has 9 heteroatoms. The number of unbranched alkanes of at least 4 members (excludes halogenated alkanes) is 2. The van der Waals surface area contributed by atoms with Gasteiger partial charge < -0.3 is 4.84 Å². The van der Waals surface area contributed by atoms with Crippen LogP contribution in [0.4, 0.5) is 0 Å². The maximum absolute atomic E-state index is 12.2. The Bertz CT molecular complexity index is 549. The third-order valence-electron chi connectivity index (χ3n) is 3.75. The molecule has 8 nitrogen and oxygen atoms in total. The minimum atomic E-state index is -4.71. The molecule has 0 spiro atoms. The van der Waals surface area contributed by atoms with Crippen molar-refractivity contribution in [3.8, 4) is 0 Å². The highest BCUT2D eigenvalue weighted by Gasteiger charge is 2.48. The van der Waals surface area contributed by atoms with E-state index in [1.807, 2.05) is 13.8 Å². The molecule has 1 unspecified atom stereocenters. The molecule has 0 aromatic heterocycles. The Hall–Kier alpha value is -1.48. The van der Waals surface area contributed by atoms with Crippen molar-refractivity contribution in [2.75, 3.05) is 0 Å². The van der Waals surface area contributed by atoms with E-state index in [1.54, 1.807) is 0 Å². The number of imide groups is 1. The Morgan fingerprint density at radius 1 is 1.26 bits per heavy atom. The molecular weight excluding hydrogens is 326 g/mol. The molecule has 0 radical (unpaired) electrons. The van der Waals surface area contributed by atoms with Gasteiger partial charge in [-0.2, -0.15) is 8.42 Å². The van der Waals surface area contributed by atoms with Gasteiger partial charge in [-0.25, -0.2) is 4.79 Å². The molecule has 1 fully saturated rings. The third kappa shape index (κ3) is 5.28. The van der Waals surface area contributed by atoms with Crippen LogP contribution in [0, 0.1) is 5.92 Å². The summed E-state index contributed by atoms with van der Waals surface area (Å²) >= 11 is 0. The van der Waals surface area contributed by atoms with E-state index in [-0.39, 0.29) is 5.06 Å². The van der Waals surface area contributed by atoms with E-state index < -0.39 is 45.5 Å². The van der Waals surface area contributed by atoms with Crippen molar-refractivity contribution in [2.24, 2.45) is 5.92 Å². The Balaban J connectivity index is 2.77. The number of carbonyl (C=O) groups is 3. The summed E-state index contributed by atoms with van der Waals surface area (Å²) in [5.41, 5.74) is 0. The van der Waals surface area contributed by atoms with Crippen molar-refractivity contribution in [3.63, 3.8) is 0 Å². The Morgan fingerprint density at radius 2 is 1.78 bits per heavy atom. The Labute approximate surface area is 135 Å². The molecule has 0 bridgehead atoms. The van der Waals surface area contributed by atoms with Crippen LogP contribution in [0.3, 0.4) is 0 Å². The second-order valence-corrected chi connectivity index (χ2v) is 7.22. The van der Waals surface area contributed by atoms with E-state index in [2.05, 4.69) is 0 Å². The summed E-state index contributed by atoms with van der Waals surface area (Å²) in [6.45, 7) is 3.96. The van der Waals surface area contributed by atoms with E-state index in [1.165, 1.54) is 0 Å². The van der Waals surface area contributed by atoms with Crippen LogP contribution in [-0.2, 0) is 29.3 Å². The number of nitrogens with zero attached hydrogens (tertiary/aromatic N) is 1. The molecule has 1 N–H and O–H groups in total. The fourth-order valence-electron chi connectivity index (χ4n) is 2.36. The van der Waals surface area contributed by atoms with Crippen molar-refractivity contribution in [1.29, 1.82) is 0 Å². The maximum atomic E-state index is 12.2. The topological polar surface area (TPSA) is 118 Å². The summed E-state index contributed by atoms with van der Waals surface area (Å²) in [7, 11) is -4.71. The highest BCUT2D eigenvalue weighted by molar-refractivity contribution is 7.87. The number of hydrogen-bond donors (Lipinski definition) is 1. The number of hydroxylamine groups is 2. The second-order valence-electron chi connectivity index (χ2n) is 5.63. The summed E-state index contributed by atoms with van der Waals surface area (Å²) in [5.74, 6) is -3.34. The van der Waals surface area contributed by atoms with E-state index in [0.29, 0.717) is 12.8 Å². The molecule has 0 aliphatic carbocycles. The first-order chi connectivity index (χ1) is 10.7. The van der Waals surface area contributed by atoms with Gasteiger partial charge in [-0.1, -0.05) is 39.5 Å². The lowest BCUT2D eigenvalue weighted by Crippen LogP contribution is -2.38. The van der Waals surface area contributed by atoms with Gasteiger partial charge in [0, 0.05) is 0 Å². The zero-order chi connectivity index (χ0) is 17.6. The Morgan fingerprint density at radius 3 is 2.17 bits per heavy atom. The van der Waals surface area contributed by atoms with Crippen LogP contribution in [0.1, 0.15) is 58.8 Å². The predicted molar refractivity (Wildman–Crippen MR) is 80.4 cm³/mol. The fraction of sp³-hybridized carbons (Fsp3) is 0.786. The number of amides is 2. The number of carbonyl (C=O) groups excluding carboxylic acids is 3. The highest BCUT2D eigenvalue weighted by Crippen LogP contribution is 2.23. The molecule has 0 aromatic carbocycles. The molecule has 0 saturated carbocycles. The van der Waals surface area contributed by atoms with E-state index in [9.17, 15) is 22.8 Å². The van der Waals surface area contributed by atoms with Crippen molar-refractivity contribution >= 4 is 27.9 Å². The molecule has 1 rings (SSSR count). The van der Waals surface area contributed by atoms with E-state index in [4.69, 9.17) is 9.39 Å². The lowest BCUT2D eigenvalue weighted by atomic mass is 9.96. The van der Waals surface area contributed by atoms with Crippen LogP contribution in [0.2, 0.25) is 0 Å². The fourth-order valence-corrected chi connectivity index (χ4v) is 3.06. The van der Waals surface area contributed by atoms with Gasteiger partial charge in [-0.15, -0.1) is 5.06 Å². The maximum Gasteiger partial charge on any atom is 0.336 e. The minimum Gasteiger partial charge on any atom is -0.330 e. The number of rotatable bonds is 9. The normalized spacial score (nSPS) is 18.8. The molecule has 1 atom stereocenters. The lowest BCUT2D eigenvalue weighted by Gasteiger charge is -2.19. The molecular formula is C14H23NO7S. The zero-order valence-electron chi connectivity index (χ0n) is 13.4. The van der Waals surface area contributed by atoms with Gasteiger partial charge in [-0.05, 0) is 12.8 Å². The van der Waals surface area contributed by atoms with Gasteiger partial charge in [-0.3, -0.25) is 14.1 Å². The average Bonchev–Trinajstić information content (AvgIpc) is 2.75. The first-order valence-electron chi connectivity index (χ1n) is 7.77. The molecule has 2 amide bonds. The Kier molecular flexibility index (Phi) is 7.14. The highest BCUT2D eigenvalue weighted by atomic mass is 32.2. The standard InChI is InChI=1S/C14H23NO7S/c1-3-5-7-10(8-6-4-2)14(18)22-15-12(16)9-11(13(15)17)23(19,20)21/h10-11H,3-9H2,1-2H3,(H,19,20,21). The molecule has 23 heavy (non-hydrogen) atoms. The molecule has 0 aromatic rings. The van der Waals surface area contributed by atoms with Crippen molar-refractivity contribution in [2.45, 2.75) is 64.0 Å². The van der Waals surface area contributed by atoms with E-state index >= 15 is 0 Å². The molecule has 1 aliphatic rings. The predicted octanol–water partition coefficient (Wildman–Crippen LogP) is 1.46. The van der Waals surface area contributed by atoms with Crippen LogP contribution in [0.25, 0.3) is 0 Å². The van der Waals surface area contributed by atoms with Gasteiger partial charge in [0.2, 0.25) is 0 Å². The quantitative estimate of drug-likeness (QED) is 0.494. The number of hydrogen-bond acceptors (Lipinski definition) is 6. The minimum absolute atomic E-state index is 0.172. The first kappa shape index (κ1) is 19.6. The first-order valence-corrected chi connectivity index (χ1v) is 9.27. The summed E-state index contributed by atoms with van der Waals surface area (Å²) in [5, 5.41) is -1.72. The van der Waals surface area contributed by atoms with Crippen molar-refractivity contribution < 1.29 is 32.2 Å². The summed E-state index contributed by atoms with van der Waals surface area (Å²) in [4.78, 5) is 40.5. The van der Waals surface area contributed by atoms with Gasteiger partial charge in [0.1, 0.15) is 0 Å². The average molecular weight is 349 g/mol. The summed E-state index contributed by atoms with van der Waals surface area (Å²) < 4.78 is 31.0. The summed E-state index contributed by atoms with van der Waals surface area (Å²) in [6, 6.07) is 0. The lowest BCUT2D eigenvalue weighted by molar-refractivity contribution is -0.201. The van der Waals surface area contributed by atoms with Crippen LogP contribution >= 0.6 is 0 Å². The van der Waals surface area contributed by atoms with Crippen LogP contribution in [-0.4, -0.2) is 41.1 Å². The SMILES string of the molecule is CCCCC(CCCC)C(=O)ON1C(=O)CC(S(=O)(=O)O)C1=O. The smallest absolute Gasteiger partial charge is 0.330 e. The van der Waals surface area contributed by atoms with Crippen molar-refractivity contribution in [3.05, 3.63) is 0 Å². The third-order valence-corrected chi connectivity index (χ3v) is 4.84. The molecule has 1 aliphatic heterocycles. The van der Waals surface area contributed by atoms with Gasteiger partial charge in [0.15, 0.2) is 5.25 Å². The molecule has 1 saturated heterocycles. The zero-order valence-corrected chi connectivity index (χ0v) is 14.2. The van der Waals surface area contributed by atoms with Gasteiger partial charge >= 0.3 is 5.97 Å². The van der Waals surface area contributed by atoms with E-state index in [0.717, 1.165) is 25.7 Å².